The number of hydrogen-bond acceptors (Lipinski definition) is 3. The summed E-state index contributed by atoms with van der Waals surface area (Å²) in [6, 6.07) is 4.80. The second-order valence-corrected chi connectivity index (χ2v) is 7.37. The number of aromatic nitrogens is 3. The molecule has 1 N–H and O–H groups in total. The lowest BCUT2D eigenvalue weighted by Crippen LogP contribution is -2.24. The number of rotatable bonds is 4. The number of fused-ring (bicyclic) bond motifs is 1. The fraction of sp³-hybridized carbons (Fsp3) is 0.348. The molecular weight excluding hydrogens is 405 g/mol. The second kappa shape index (κ2) is 8.80. The van der Waals surface area contributed by atoms with E-state index in [0.29, 0.717) is 6.42 Å². The van der Waals surface area contributed by atoms with Crippen molar-refractivity contribution in [1.29, 1.82) is 0 Å². The average Bonchev–Trinajstić information content (AvgIpc) is 2.98. The van der Waals surface area contributed by atoms with Gasteiger partial charge < -0.3 is 5.32 Å². The Morgan fingerprint density at radius 2 is 1.94 bits per heavy atom. The van der Waals surface area contributed by atoms with Crippen molar-refractivity contribution in [2.24, 2.45) is 7.05 Å². The molecule has 162 valence electrons. The fourth-order valence-corrected chi connectivity index (χ4v) is 3.62. The molecule has 3 aromatic rings. The first kappa shape index (κ1) is 22.3. The number of halogens is 3. The topological polar surface area (TPSA) is 59.8 Å². The standard InChI is InChI=1S/C23H23F3N4O/c1-14-19(15(2)28-22-21(14)16(3)29-30(22)4)10-11-20(31)27-12-6-8-17-7-5-9-18(13-17)23(24,25)26/h5,7,9,13H,10-12H2,1-4H3,(H,27,31). The molecule has 2 heterocycles. The van der Waals surface area contributed by atoms with Gasteiger partial charge in [-0.3, -0.25) is 9.48 Å². The zero-order valence-electron chi connectivity index (χ0n) is 17.8. The van der Waals surface area contributed by atoms with Gasteiger partial charge in [0.05, 0.1) is 17.8 Å². The van der Waals surface area contributed by atoms with Crippen LogP contribution in [-0.2, 0) is 24.4 Å². The van der Waals surface area contributed by atoms with Crippen LogP contribution in [-0.4, -0.2) is 27.2 Å². The van der Waals surface area contributed by atoms with Gasteiger partial charge in [0.15, 0.2) is 5.65 Å². The summed E-state index contributed by atoms with van der Waals surface area (Å²) in [7, 11) is 1.86. The Bertz CT molecular complexity index is 1200. The van der Waals surface area contributed by atoms with Crippen molar-refractivity contribution in [1.82, 2.24) is 20.1 Å². The van der Waals surface area contributed by atoms with Gasteiger partial charge >= 0.3 is 6.18 Å². The van der Waals surface area contributed by atoms with Crippen LogP contribution in [0.2, 0.25) is 0 Å². The predicted molar refractivity (Wildman–Crippen MR) is 112 cm³/mol. The van der Waals surface area contributed by atoms with Crippen LogP contribution in [0.15, 0.2) is 24.3 Å². The highest BCUT2D eigenvalue weighted by atomic mass is 19.4. The van der Waals surface area contributed by atoms with Gasteiger partial charge in [-0.2, -0.15) is 18.3 Å². The van der Waals surface area contributed by atoms with E-state index in [1.807, 2.05) is 27.8 Å². The lowest BCUT2D eigenvalue weighted by Gasteiger charge is -2.11. The molecule has 5 nitrogen and oxygen atoms in total. The quantitative estimate of drug-likeness (QED) is 0.639. The van der Waals surface area contributed by atoms with Gasteiger partial charge in [-0.15, -0.1) is 0 Å². The summed E-state index contributed by atoms with van der Waals surface area (Å²) in [5.41, 5.74) is 4.19. The van der Waals surface area contributed by atoms with Crippen molar-refractivity contribution >= 4 is 16.9 Å². The molecule has 2 aromatic heterocycles. The van der Waals surface area contributed by atoms with E-state index in [1.54, 1.807) is 4.68 Å². The molecule has 0 atom stereocenters. The van der Waals surface area contributed by atoms with E-state index in [1.165, 1.54) is 12.1 Å². The van der Waals surface area contributed by atoms with Crippen LogP contribution in [0.3, 0.4) is 0 Å². The molecule has 0 spiro atoms. The smallest absolute Gasteiger partial charge is 0.345 e. The maximum absolute atomic E-state index is 12.7. The molecule has 1 amide bonds. The monoisotopic (exact) mass is 428 g/mol. The predicted octanol–water partition coefficient (Wildman–Crippen LogP) is 4.01. The minimum absolute atomic E-state index is 0.0615. The highest BCUT2D eigenvalue weighted by Crippen LogP contribution is 2.29. The molecular formula is C23H23F3N4O. The zero-order valence-corrected chi connectivity index (χ0v) is 17.8. The van der Waals surface area contributed by atoms with E-state index in [-0.39, 0.29) is 24.4 Å². The number of amides is 1. The molecule has 0 radical (unpaired) electrons. The third-order valence-electron chi connectivity index (χ3n) is 5.13. The second-order valence-electron chi connectivity index (χ2n) is 7.37. The van der Waals surface area contributed by atoms with Crippen molar-refractivity contribution in [3.8, 4) is 11.8 Å². The number of nitrogens with zero attached hydrogens (tertiary/aromatic N) is 3. The number of pyridine rings is 1. The Kier molecular flexibility index (Phi) is 6.34. The summed E-state index contributed by atoms with van der Waals surface area (Å²) < 4.78 is 40.0. The molecule has 1 aromatic carbocycles. The van der Waals surface area contributed by atoms with E-state index in [2.05, 4.69) is 27.2 Å². The number of nitrogens with one attached hydrogen (secondary N) is 1. The first-order valence-corrected chi connectivity index (χ1v) is 9.80. The van der Waals surface area contributed by atoms with Gasteiger partial charge in [0, 0.05) is 30.1 Å². The van der Waals surface area contributed by atoms with Gasteiger partial charge in [0.1, 0.15) is 0 Å². The van der Waals surface area contributed by atoms with Crippen LogP contribution in [0.1, 0.15) is 40.1 Å². The first-order chi connectivity index (χ1) is 14.6. The van der Waals surface area contributed by atoms with Crippen LogP contribution in [0.25, 0.3) is 11.0 Å². The lowest BCUT2D eigenvalue weighted by molar-refractivity contribution is -0.137. The SMILES string of the molecule is Cc1nc2c(c(C)nn2C)c(C)c1CCC(=O)NCC#Cc1cccc(C(F)(F)F)c1. The molecule has 0 saturated carbocycles. The molecule has 0 fully saturated rings. The summed E-state index contributed by atoms with van der Waals surface area (Å²) in [6.45, 7) is 5.93. The van der Waals surface area contributed by atoms with Gasteiger partial charge in [-0.1, -0.05) is 17.9 Å². The number of carbonyl (C=O) groups is 1. The third kappa shape index (κ3) is 5.05. The summed E-state index contributed by atoms with van der Waals surface area (Å²) >= 11 is 0. The van der Waals surface area contributed by atoms with E-state index in [0.717, 1.165) is 45.7 Å². The van der Waals surface area contributed by atoms with Crippen LogP contribution in [0.4, 0.5) is 13.2 Å². The number of hydrogen-bond donors (Lipinski definition) is 1. The molecule has 0 bridgehead atoms. The summed E-state index contributed by atoms with van der Waals surface area (Å²) in [6.07, 6.45) is -3.62. The van der Waals surface area contributed by atoms with Crippen LogP contribution < -0.4 is 5.32 Å². The largest absolute Gasteiger partial charge is 0.416 e. The average molecular weight is 428 g/mol. The number of carbonyl (C=O) groups excluding carboxylic acids is 1. The molecule has 0 aliphatic carbocycles. The molecule has 3 rings (SSSR count). The van der Waals surface area contributed by atoms with Gasteiger partial charge in [0.25, 0.3) is 0 Å². The highest BCUT2D eigenvalue weighted by Gasteiger charge is 2.30. The van der Waals surface area contributed by atoms with Crippen molar-refractivity contribution in [2.75, 3.05) is 6.54 Å². The maximum atomic E-state index is 12.7. The van der Waals surface area contributed by atoms with E-state index >= 15 is 0 Å². The molecule has 0 aliphatic heterocycles. The number of aryl methyl sites for hydroxylation is 4. The first-order valence-electron chi connectivity index (χ1n) is 9.80. The third-order valence-corrected chi connectivity index (χ3v) is 5.13. The van der Waals surface area contributed by atoms with Crippen molar-refractivity contribution in [3.05, 3.63) is 57.9 Å². The summed E-state index contributed by atoms with van der Waals surface area (Å²) in [5, 5.41) is 8.12. The van der Waals surface area contributed by atoms with E-state index in [9.17, 15) is 18.0 Å². The molecule has 0 saturated heterocycles. The Labute approximate surface area is 178 Å². The van der Waals surface area contributed by atoms with E-state index < -0.39 is 11.7 Å². The lowest BCUT2D eigenvalue weighted by atomic mass is 9.99. The Morgan fingerprint density at radius 3 is 2.65 bits per heavy atom. The molecule has 8 heteroatoms. The van der Waals surface area contributed by atoms with Crippen molar-refractivity contribution < 1.29 is 18.0 Å². The maximum Gasteiger partial charge on any atom is 0.416 e. The van der Waals surface area contributed by atoms with Gasteiger partial charge in [0.2, 0.25) is 5.91 Å². The normalized spacial score (nSPS) is 11.3. The minimum atomic E-state index is -4.41. The Morgan fingerprint density at radius 1 is 1.19 bits per heavy atom. The summed E-state index contributed by atoms with van der Waals surface area (Å²) in [4.78, 5) is 16.8. The summed E-state index contributed by atoms with van der Waals surface area (Å²) in [5.74, 6) is 5.16. The fourth-order valence-electron chi connectivity index (χ4n) is 3.62. The van der Waals surface area contributed by atoms with Crippen molar-refractivity contribution in [3.63, 3.8) is 0 Å². The number of benzene rings is 1. The molecule has 0 aliphatic rings. The Balaban J connectivity index is 1.60. The number of alkyl halides is 3. The van der Waals surface area contributed by atoms with E-state index in [4.69, 9.17) is 0 Å². The van der Waals surface area contributed by atoms with Crippen molar-refractivity contribution in [2.45, 2.75) is 39.8 Å². The molecule has 31 heavy (non-hydrogen) atoms. The van der Waals surface area contributed by atoms with Gasteiger partial charge in [-0.05, 0) is 56.5 Å². The Hall–Kier alpha value is -3.34. The molecule has 0 unspecified atom stereocenters. The van der Waals surface area contributed by atoms with Gasteiger partial charge in [-0.25, -0.2) is 4.98 Å². The minimum Gasteiger partial charge on any atom is -0.345 e. The van der Waals surface area contributed by atoms with Crippen LogP contribution in [0.5, 0.6) is 0 Å². The van der Waals surface area contributed by atoms with Crippen LogP contribution >= 0.6 is 0 Å². The highest BCUT2D eigenvalue weighted by molar-refractivity contribution is 5.84. The zero-order chi connectivity index (χ0) is 22.8. The van der Waals surface area contributed by atoms with Crippen LogP contribution in [0, 0.1) is 32.6 Å².